The Labute approximate surface area is 131 Å². The molecule has 2 aromatic carbocycles. The molecule has 2 rings (SSSR count). The maximum atomic E-state index is 5.71. The third-order valence-electron chi connectivity index (χ3n) is 2.91. The Hall–Kier alpha value is -0.800. The molecule has 0 bridgehead atoms. The second-order valence-corrected chi connectivity index (χ2v) is 6.22. The first kappa shape index (κ1) is 14.6. The van der Waals surface area contributed by atoms with Gasteiger partial charge in [0, 0.05) is 10.0 Å². The zero-order valence-corrected chi connectivity index (χ0v) is 14.2. The molecular weight excluding hydrogens is 368 g/mol. The average molecular weight is 384 g/mol. The lowest BCUT2D eigenvalue weighted by Gasteiger charge is -2.16. The SMILES string of the molecule is CCOc1ccc(Br)cc1C(Br)c1ccc(C)cc1. The van der Waals surface area contributed by atoms with Crippen LogP contribution in [0.3, 0.4) is 0 Å². The van der Waals surface area contributed by atoms with Crippen molar-refractivity contribution >= 4 is 31.9 Å². The Morgan fingerprint density at radius 3 is 2.42 bits per heavy atom. The van der Waals surface area contributed by atoms with Crippen molar-refractivity contribution in [3.63, 3.8) is 0 Å². The number of benzene rings is 2. The van der Waals surface area contributed by atoms with E-state index in [1.807, 2.05) is 19.1 Å². The van der Waals surface area contributed by atoms with E-state index in [-0.39, 0.29) is 4.83 Å². The highest BCUT2D eigenvalue weighted by atomic mass is 79.9. The summed E-state index contributed by atoms with van der Waals surface area (Å²) in [4.78, 5) is 0.132. The second kappa shape index (κ2) is 6.58. The molecule has 0 aliphatic heterocycles. The van der Waals surface area contributed by atoms with Crippen LogP contribution in [-0.2, 0) is 0 Å². The van der Waals surface area contributed by atoms with Crippen LogP contribution in [0.2, 0.25) is 0 Å². The molecule has 0 aromatic heterocycles. The Kier molecular flexibility index (Phi) is 5.06. The fourth-order valence-corrected chi connectivity index (χ4v) is 2.96. The summed E-state index contributed by atoms with van der Waals surface area (Å²) >= 11 is 7.30. The number of aryl methyl sites for hydroxylation is 1. The van der Waals surface area contributed by atoms with Crippen LogP contribution in [-0.4, -0.2) is 6.61 Å². The van der Waals surface area contributed by atoms with Crippen molar-refractivity contribution in [2.45, 2.75) is 18.7 Å². The molecule has 0 spiro atoms. The molecular formula is C16H16Br2O. The molecule has 1 nitrogen and oxygen atoms in total. The molecule has 19 heavy (non-hydrogen) atoms. The smallest absolute Gasteiger partial charge is 0.124 e. The molecule has 0 aliphatic carbocycles. The van der Waals surface area contributed by atoms with Gasteiger partial charge in [0.25, 0.3) is 0 Å². The summed E-state index contributed by atoms with van der Waals surface area (Å²) in [6.45, 7) is 4.76. The fraction of sp³-hybridized carbons (Fsp3) is 0.250. The second-order valence-electron chi connectivity index (χ2n) is 4.39. The topological polar surface area (TPSA) is 9.23 Å². The summed E-state index contributed by atoms with van der Waals surface area (Å²) in [5.74, 6) is 0.924. The third kappa shape index (κ3) is 3.61. The maximum Gasteiger partial charge on any atom is 0.124 e. The number of rotatable bonds is 4. The van der Waals surface area contributed by atoms with E-state index in [1.165, 1.54) is 11.1 Å². The van der Waals surface area contributed by atoms with Gasteiger partial charge in [0.2, 0.25) is 0 Å². The highest BCUT2D eigenvalue weighted by Crippen LogP contribution is 2.38. The van der Waals surface area contributed by atoms with E-state index < -0.39 is 0 Å². The van der Waals surface area contributed by atoms with Crippen molar-refractivity contribution in [3.05, 3.63) is 63.6 Å². The van der Waals surface area contributed by atoms with E-state index in [9.17, 15) is 0 Å². The first-order valence-corrected chi connectivity index (χ1v) is 7.95. The molecule has 0 N–H and O–H groups in total. The largest absolute Gasteiger partial charge is 0.494 e. The number of halogens is 2. The molecule has 0 saturated carbocycles. The minimum atomic E-state index is 0.132. The van der Waals surface area contributed by atoms with Crippen LogP contribution in [0.25, 0.3) is 0 Å². The lowest BCUT2D eigenvalue weighted by Crippen LogP contribution is -2.00. The predicted molar refractivity (Wildman–Crippen MR) is 87.3 cm³/mol. The van der Waals surface area contributed by atoms with Gasteiger partial charge in [-0.25, -0.2) is 0 Å². The zero-order chi connectivity index (χ0) is 13.8. The molecule has 1 unspecified atom stereocenters. The van der Waals surface area contributed by atoms with E-state index >= 15 is 0 Å². The van der Waals surface area contributed by atoms with Crippen molar-refractivity contribution in [3.8, 4) is 5.75 Å². The summed E-state index contributed by atoms with van der Waals surface area (Å²) in [6, 6.07) is 14.7. The van der Waals surface area contributed by atoms with Gasteiger partial charge in [-0.05, 0) is 37.6 Å². The molecule has 1 atom stereocenters. The summed E-state index contributed by atoms with van der Waals surface area (Å²) in [5.41, 5.74) is 3.63. The van der Waals surface area contributed by atoms with Crippen LogP contribution in [0.4, 0.5) is 0 Å². The molecule has 0 saturated heterocycles. The Morgan fingerprint density at radius 1 is 1.11 bits per heavy atom. The van der Waals surface area contributed by atoms with Crippen molar-refractivity contribution in [1.29, 1.82) is 0 Å². The highest BCUT2D eigenvalue weighted by molar-refractivity contribution is 9.10. The van der Waals surface area contributed by atoms with Gasteiger partial charge < -0.3 is 4.74 Å². The number of hydrogen-bond acceptors (Lipinski definition) is 1. The molecule has 0 amide bonds. The third-order valence-corrected chi connectivity index (χ3v) is 4.43. The molecule has 0 fully saturated rings. The minimum Gasteiger partial charge on any atom is -0.494 e. The normalized spacial score (nSPS) is 12.2. The number of hydrogen-bond donors (Lipinski definition) is 0. The van der Waals surface area contributed by atoms with Gasteiger partial charge in [-0.15, -0.1) is 0 Å². The van der Waals surface area contributed by atoms with Gasteiger partial charge in [0.15, 0.2) is 0 Å². The molecule has 100 valence electrons. The molecule has 2 aromatic rings. The first-order chi connectivity index (χ1) is 9.11. The quantitative estimate of drug-likeness (QED) is 0.620. The van der Waals surface area contributed by atoms with Gasteiger partial charge >= 0.3 is 0 Å². The van der Waals surface area contributed by atoms with Crippen LogP contribution in [0, 0.1) is 6.92 Å². The standard InChI is InChI=1S/C16H16Br2O/c1-3-19-15-9-8-13(17)10-14(15)16(18)12-6-4-11(2)5-7-12/h4-10,16H,3H2,1-2H3. The zero-order valence-electron chi connectivity index (χ0n) is 11.0. The van der Waals surface area contributed by atoms with Crippen molar-refractivity contribution in [1.82, 2.24) is 0 Å². The summed E-state index contributed by atoms with van der Waals surface area (Å²) in [6.07, 6.45) is 0. The van der Waals surface area contributed by atoms with Crippen LogP contribution in [0.1, 0.15) is 28.4 Å². The minimum absolute atomic E-state index is 0.132. The number of ether oxygens (including phenoxy) is 1. The summed E-state index contributed by atoms with van der Waals surface area (Å²) in [7, 11) is 0. The highest BCUT2D eigenvalue weighted by Gasteiger charge is 2.15. The van der Waals surface area contributed by atoms with E-state index in [0.717, 1.165) is 15.8 Å². The van der Waals surface area contributed by atoms with Crippen LogP contribution in [0.15, 0.2) is 46.9 Å². The molecule has 0 aliphatic rings. The first-order valence-electron chi connectivity index (χ1n) is 6.24. The predicted octanol–water partition coefficient (Wildman–Crippen LogP) is 5.64. The lowest BCUT2D eigenvalue weighted by molar-refractivity contribution is 0.337. The van der Waals surface area contributed by atoms with E-state index in [0.29, 0.717) is 6.61 Å². The summed E-state index contributed by atoms with van der Waals surface area (Å²) < 4.78 is 6.77. The van der Waals surface area contributed by atoms with E-state index in [2.05, 4.69) is 69.1 Å². The average Bonchev–Trinajstić information content (AvgIpc) is 2.41. The molecule has 0 heterocycles. The van der Waals surface area contributed by atoms with Crippen molar-refractivity contribution in [2.24, 2.45) is 0 Å². The van der Waals surface area contributed by atoms with Crippen LogP contribution in [0.5, 0.6) is 5.75 Å². The Morgan fingerprint density at radius 2 is 1.79 bits per heavy atom. The Bertz CT molecular complexity index is 549. The van der Waals surface area contributed by atoms with Crippen molar-refractivity contribution in [2.75, 3.05) is 6.61 Å². The lowest BCUT2D eigenvalue weighted by atomic mass is 10.0. The number of alkyl halides is 1. The van der Waals surface area contributed by atoms with Gasteiger partial charge in [-0.2, -0.15) is 0 Å². The Balaban J connectivity index is 2.39. The molecule has 0 radical (unpaired) electrons. The van der Waals surface area contributed by atoms with Gasteiger partial charge in [-0.3, -0.25) is 0 Å². The van der Waals surface area contributed by atoms with Gasteiger partial charge in [-0.1, -0.05) is 61.7 Å². The summed E-state index contributed by atoms with van der Waals surface area (Å²) in [5, 5.41) is 0. The van der Waals surface area contributed by atoms with Gasteiger partial charge in [0.1, 0.15) is 5.75 Å². The fourth-order valence-electron chi connectivity index (χ4n) is 1.92. The van der Waals surface area contributed by atoms with Crippen LogP contribution >= 0.6 is 31.9 Å². The van der Waals surface area contributed by atoms with Crippen molar-refractivity contribution < 1.29 is 4.74 Å². The van der Waals surface area contributed by atoms with Crippen LogP contribution < -0.4 is 4.74 Å². The van der Waals surface area contributed by atoms with E-state index in [4.69, 9.17) is 4.74 Å². The van der Waals surface area contributed by atoms with Gasteiger partial charge in [0.05, 0.1) is 11.4 Å². The maximum absolute atomic E-state index is 5.71. The monoisotopic (exact) mass is 382 g/mol. The molecule has 3 heteroatoms. The van der Waals surface area contributed by atoms with E-state index in [1.54, 1.807) is 0 Å².